The van der Waals surface area contributed by atoms with Gasteiger partial charge in [-0.2, -0.15) is 0 Å². The van der Waals surface area contributed by atoms with E-state index in [1.807, 2.05) is 0 Å². The summed E-state index contributed by atoms with van der Waals surface area (Å²) in [5.41, 5.74) is 0.802. The molecule has 4 aliphatic rings. The Kier molecular flexibility index (Phi) is 3.87. The van der Waals surface area contributed by atoms with E-state index in [2.05, 4.69) is 10.2 Å². The van der Waals surface area contributed by atoms with Crippen LogP contribution in [0, 0.1) is 17.8 Å². The van der Waals surface area contributed by atoms with Gasteiger partial charge in [-0.15, -0.1) is 10.2 Å². The molecule has 26 heavy (non-hydrogen) atoms. The molecule has 0 spiro atoms. The molecule has 2 aromatic rings. The van der Waals surface area contributed by atoms with Crippen LogP contribution in [0.25, 0.3) is 0 Å². The zero-order chi connectivity index (χ0) is 17.9. The first-order valence-electron chi connectivity index (χ1n) is 9.40. The Morgan fingerprint density at radius 3 is 2.42 bits per heavy atom. The molecular weight excluding hydrogens is 366 g/mol. The van der Waals surface area contributed by atoms with E-state index in [4.69, 9.17) is 11.6 Å². The van der Waals surface area contributed by atoms with Crippen LogP contribution < -0.4 is 4.90 Å². The van der Waals surface area contributed by atoms with E-state index >= 15 is 0 Å². The summed E-state index contributed by atoms with van der Waals surface area (Å²) in [7, 11) is 1.77. The Hall–Kier alpha value is -1.46. The third-order valence-electron chi connectivity index (χ3n) is 6.57. The highest BCUT2D eigenvalue weighted by molar-refractivity contribution is 7.15. The highest BCUT2D eigenvalue weighted by Gasteiger charge is 2.53. The average Bonchev–Trinajstić information content (AvgIpc) is 3.10. The molecule has 4 aliphatic carbocycles. The molecule has 0 radical (unpaired) electrons. The van der Waals surface area contributed by atoms with Gasteiger partial charge in [0.25, 0.3) is 5.91 Å². The van der Waals surface area contributed by atoms with Gasteiger partial charge in [0.15, 0.2) is 0 Å². The number of amides is 1. The first-order chi connectivity index (χ1) is 12.5. The molecule has 0 aliphatic heterocycles. The van der Waals surface area contributed by atoms with Crippen molar-refractivity contribution in [2.45, 2.75) is 43.9 Å². The van der Waals surface area contributed by atoms with Crippen LogP contribution in [0.5, 0.6) is 0 Å². The molecule has 0 atom stereocenters. The van der Waals surface area contributed by atoms with Crippen LogP contribution in [0.1, 0.15) is 53.9 Å². The fourth-order valence-corrected chi connectivity index (χ4v) is 7.05. The molecule has 1 aromatic heterocycles. The van der Waals surface area contributed by atoms with Gasteiger partial charge in [-0.05, 0) is 74.5 Å². The summed E-state index contributed by atoms with van der Waals surface area (Å²) >= 11 is 7.63. The summed E-state index contributed by atoms with van der Waals surface area (Å²) in [6, 6.07) is 7.05. The lowest BCUT2D eigenvalue weighted by atomic mass is 9.50. The van der Waals surface area contributed by atoms with Crippen LogP contribution >= 0.6 is 22.9 Å². The van der Waals surface area contributed by atoms with Gasteiger partial charge >= 0.3 is 0 Å². The molecule has 136 valence electrons. The molecule has 1 heterocycles. The Morgan fingerprint density at radius 2 is 1.81 bits per heavy atom. The smallest absolute Gasteiger partial charge is 0.259 e. The van der Waals surface area contributed by atoms with Gasteiger partial charge in [0, 0.05) is 23.0 Å². The largest absolute Gasteiger partial charge is 0.286 e. The number of hydrogen-bond acceptors (Lipinski definition) is 4. The number of aromatic nitrogens is 2. The minimum atomic E-state index is -0.0966. The minimum Gasteiger partial charge on any atom is -0.286 e. The van der Waals surface area contributed by atoms with Crippen molar-refractivity contribution in [1.82, 2.24) is 10.2 Å². The zero-order valence-corrected chi connectivity index (χ0v) is 16.4. The second-order valence-electron chi connectivity index (χ2n) is 8.46. The van der Waals surface area contributed by atoms with Crippen LogP contribution in [0.3, 0.4) is 0 Å². The maximum Gasteiger partial charge on any atom is 0.259 e. The molecule has 4 nitrogen and oxygen atoms in total. The van der Waals surface area contributed by atoms with Crippen LogP contribution in [0.15, 0.2) is 24.3 Å². The molecule has 1 amide bonds. The average molecular weight is 388 g/mol. The van der Waals surface area contributed by atoms with E-state index in [-0.39, 0.29) is 11.3 Å². The van der Waals surface area contributed by atoms with Crippen molar-refractivity contribution >= 4 is 34.0 Å². The first-order valence-corrected chi connectivity index (χ1v) is 10.6. The lowest BCUT2D eigenvalue weighted by Crippen LogP contribution is -2.48. The molecule has 4 bridgehead atoms. The van der Waals surface area contributed by atoms with Crippen molar-refractivity contribution in [3.8, 4) is 0 Å². The second-order valence-corrected chi connectivity index (χ2v) is 9.85. The molecule has 6 rings (SSSR count). The number of carbonyl (C=O) groups is 1. The number of nitrogens with zero attached hydrogens (tertiary/aromatic N) is 3. The molecular formula is C20H22ClN3OS. The Balaban J connectivity index is 1.41. The topological polar surface area (TPSA) is 46.1 Å². The number of halogens is 1. The molecule has 0 saturated heterocycles. The van der Waals surface area contributed by atoms with Gasteiger partial charge in [0.05, 0.1) is 0 Å². The lowest BCUT2D eigenvalue weighted by Gasteiger charge is -2.55. The van der Waals surface area contributed by atoms with Gasteiger partial charge in [-0.3, -0.25) is 9.69 Å². The lowest BCUT2D eigenvalue weighted by molar-refractivity contribution is -0.00555. The predicted molar refractivity (Wildman–Crippen MR) is 104 cm³/mol. The molecule has 4 fully saturated rings. The van der Waals surface area contributed by atoms with E-state index in [0.29, 0.717) is 15.7 Å². The summed E-state index contributed by atoms with van der Waals surface area (Å²) in [5.74, 6) is 2.53. The van der Waals surface area contributed by atoms with Gasteiger partial charge in [0.1, 0.15) is 5.01 Å². The van der Waals surface area contributed by atoms with Gasteiger partial charge in [0.2, 0.25) is 5.13 Å². The number of anilines is 1. The van der Waals surface area contributed by atoms with Crippen LogP contribution in [0.4, 0.5) is 5.13 Å². The SMILES string of the molecule is CN(C(=O)c1cccc(Cl)c1)c1nnc(C23CC4CC(CC(C4)C2)C3)s1. The summed E-state index contributed by atoms with van der Waals surface area (Å²) in [4.78, 5) is 14.4. The maximum atomic E-state index is 12.8. The highest BCUT2D eigenvalue weighted by atomic mass is 35.5. The van der Waals surface area contributed by atoms with E-state index in [1.54, 1.807) is 47.5 Å². The Morgan fingerprint density at radius 1 is 1.15 bits per heavy atom. The minimum absolute atomic E-state index is 0.0966. The van der Waals surface area contributed by atoms with Gasteiger partial charge in [-0.25, -0.2) is 0 Å². The molecule has 0 unspecified atom stereocenters. The zero-order valence-electron chi connectivity index (χ0n) is 14.8. The van der Waals surface area contributed by atoms with Crippen molar-refractivity contribution < 1.29 is 4.79 Å². The second kappa shape index (κ2) is 6.03. The Labute approximate surface area is 162 Å². The quantitative estimate of drug-likeness (QED) is 0.749. The summed E-state index contributed by atoms with van der Waals surface area (Å²) in [6.45, 7) is 0. The monoisotopic (exact) mass is 387 g/mol. The van der Waals surface area contributed by atoms with Crippen molar-refractivity contribution in [2.24, 2.45) is 17.8 Å². The standard InChI is InChI=1S/C20H22ClN3OS/c1-24(17(25)15-3-2-4-16(21)8-15)19-23-22-18(26-19)20-9-12-5-13(10-20)7-14(6-12)11-20/h2-4,8,12-14H,5-7,9-11H2,1H3. The molecule has 1 aromatic carbocycles. The summed E-state index contributed by atoms with van der Waals surface area (Å²) < 4.78 is 0. The number of hydrogen-bond donors (Lipinski definition) is 0. The van der Waals surface area contributed by atoms with Crippen molar-refractivity contribution in [1.29, 1.82) is 0 Å². The summed E-state index contributed by atoms with van der Waals surface area (Å²) in [6.07, 6.45) is 8.03. The third-order valence-corrected chi connectivity index (χ3v) is 8.05. The third kappa shape index (κ3) is 2.67. The fraction of sp³-hybridized carbons (Fsp3) is 0.550. The van der Waals surface area contributed by atoms with E-state index in [0.717, 1.165) is 22.8 Å². The summed E-state index contributed by atoms with van der Waals surface area (Å²) in [5, 5.41) is 11.3. The number of carbonyl (C=O) groups excluding carboxylic acids is 1. The normalized spacial score (nSPS) is 32.0. The molecule has 4 saturated carbocycles. The van der Waals surface area contributed by atoms with Crippen molar-refractivity contribution in [3.63, 3.8) is 0 Å². The van der Waals surface area contributed by atoms with E-state index < -0.39 is 0 Å². The maximum absolute atomic E-state index is 12.8. The van der Waals surface area contributed by atoms with Gasteiger partial charge in [-0.1, -0.05) is 29.0 Å². The molecule has 6 heteroatoms. The first kappa shape index (κ1) is 16.7. The van der Waals surface area contributed by atoms with E-state index in [9.17, 15) is 4.79 Å². The van der Waals surface area contributed by atoms with Crippen LogP contribution in [-0.2, 0) is 5.41 Å². The predicted octanol–water partition coefficient (Wildman–Crippen LogP) is 4.94. The highest BCUT2D eigenvalue weighted by Crippen LogP contribution is 2.61. The van der Waals surface area contributed by atoms with E-state index in [1.165, 1.54) is 38.5 Å². The van der Waals surface area contributed by atoms with Crippen LogP contribution in [-0.4, -0.2) is 23.2 Å². The molecule has 0 N–H and O–H groups in total. The number of benzene rings is 1. The van der Waals surface area contributed by atoms with Gasteiger partial charge < -0.3 is 0 Å². The van der Waals surface area contributed by atoms with Crippen LogP contribution in [0.2, 0.25) is 5.02 Å². The van der Waals surface area contributed by atoms with Crippen molar-refractivity contribution in [2.75, 3.05) is 11.9 Å². The number of rotatable bonds is 3. The van der Waals surface area contributed by atoms with Crippen molar-refractivity contribution in [3.05, 3.63) is 39.9 Å². The fourth-order valence-electron chi connectivity index (χ4n) is 5.84. The Bertz CT molecular complexity index is 829.